The molecule has 33 heavy (non-hydrogen) atoms. The predicted molar refractivity (Wildman–Crippen MR) is 135 cm³/mol. The van der Waals surface area contributed by atoms with Crippen molar-refractivity contribution in [1.29, 1.82) is 0 Å². The molecular weight excluding hydrogens is 438 g/mol. The maximum atomic E-state index is 5.71. The van der Waals surface area contributed by atoms with Gasteiger partial charge in [0.25, 0.3) is 0 Å². The molecule has 0 spiro atoms. The summed E-state index contributed by atoms with van der Waals surface area (Å²) in [5.74, 6) is 2.70. The topological polar surface area (TPSA) is 66.3 Å². The molecule has 0 saturated carbocycles. The molecule has 7 nitrogen and oxygen atoms in total. The normalized spacial score (nSPS) is 11.5. The second-order valence-corrected chi connectivity index (χ2v) is 9.12. The Balaban J connectivity index is 1.82. The van der Waals surface area contributed by atoms with E-state index in [0.717, 1.165) is 40.5 Å². The molecule has 2 aromatic heterocycles. The molecule has 4 aromatic rings. The number of anilines is 1. The number of thiazole rings is 1. The van der Waals surface area contributed by atoms with Gasteiger partial charge in [-0.15, -0.1) is 0 Å². The van der Waals surface area contributed by atoms with E-state index in [1.165, 1.54) is 10.3 Å². The van der Waals surface area contributed by atoms with Crippen LogP contribution in [0.5, 0.6) is 17.2 Å². The Morgan fingerprint density at radius 2 is 1.76 bits per heavy atom. The molecule has 2 heterocycles. The Kier molecular flexibility index (Phi) is 6.95. The minimum atomic E-state index is 0.227. The third-order valence-electron chi connectivity index (χ3n) is 5.41. The van der Waals surface area contributed by atoms with Gasteiger partial charge >= 0.3 is 0 Å². The van der Waals surface area contributed by atoms with Gasteiger partial charge in [0.1, 0.15) is 11.5 Å². The van der Waals surface area contributed by atoms with Gasteiger partial charge < -0.3 is 24.3 Å². The molecule has 0 unspecified atom stereocenters. The number of hydrogen-bond donors (Lipinski definition) is 1. The second-order valence-electron chi connectivity index (χ2n) is 8.11. The Morgan fingerprint density at radius 1 is 1.03 bits per heavy atom. The molecule has 0 aliphatic carbocycles. The molecule has 0 atom stereocenters. The molecule has 0 saturated heterocycles. The molecule has 4 rings (SSSR count). The highest BCUT2D eigenvalue weighted by Gasteiger charge is 2.22. The highest BCUT2D eigenvalue weighted by atomic mass is 32.1. The molecule has 0 fully saturated rings. The molecule has 2 aromatic carbocycles. The lowest BCUT2D eigenvalue weighted by Gasteiger charge is -2.15. The van der Waals surface area contributed by atoms with Crippen LogP contribution in [0, 0.1) is 6.92 Å². The van der Waals surface area contributed by atoms with Crippen LogP contribution in [0.4, 0.5) is 5.82 Å². The van der Waals surface area contributed by atoms with Crippen molar-refractivity contribution in [2.45, 2.75) is 33.3 Å². The van der Waals surface area contributed by atoms with Gasteiger partial charge in [-0.1, -0.05) is 17.4 Å². The van der Waals surface area contributed by atoms with E-state index in [-0.39, 0.29) is 6.10 Å². The lowest BCUT2D eigenvalue weighted by molar-refractivity contribution is 0.0787. The molecule has 8 heteroatoms. The molecule has 0 aliphatic heterocycles. The van der Waals surface area contributed by atoms with Gasteiger partial charge in [0.05, 0.1) is 37.6 Å². The molecular formula is C25H31N3O4S. The summed E-state index contributed by atoms with van der Waals surface area (Å²) in [6.45, 7) is 7.68. The van der Waals surface area contributed by atoms with Gasteiger partial charge in [-0.2, -0.15) is 0 Å². The molecule has 1 N–H and O–H groups in total. The number of aryl methyl sites for hydroxylation is 1. The standard InChI is InChI=1S/C25H31N3O4S/c1-15(2)32-11-7-10-26-24-22(17-13-19(29-4)23(31-6)20(14-17)30-5)27-25-28(24)18-9-8-16(3)12-21(18)33-25/h8-9,12-15,26H,7,10-11H2,1-6H3. The highest BCUT2D eigenvalue weighted by Crippen LogP contribution is 2.44. The number of imidazole rings is 1. The lowest BCUT2D eigenvalue weighted by Crippen LogP contribution is -2.10. The number of nitrogens with zero attached hydrogens (tertiary/aromatic N) is 2. The van der Waals surface area contributed by atoms with E-state index >= 15 is 0 Å². The maximum Gasteiger partial charge on any atom is 0.203 e. The maximum absolute atomic E-state index is 5.71. The van der Waals surface area contributed by atoms with Gasteiger partial charge in [-0.05, 0) is 57.0 Å². The zero-order chi connectivity index (χ0) is 23.5. The summed E-state index contributed by atoms with van der Waals surface area (Å²) >= 11 is 1.68. The highest BCUT2D eigenvalue weighted by molar-refractivity contribution is 7.23. The van der Waals surface area contributed by atoms with Crippen molar-refractivity contribution < 1.29 is 18.9 Å². The summed E-state index contributed by atoms with van der Waals surface area (Å²) in [5, 5.41) is 3.62. The molecule has 0 radical (unpaired) electrons. The Labute approximate surface area is 198 Å². The third-order valence-corrected chi connectivity index (χ3v) is 6.41. The Hall–Kier alpha value is -2.97. The number of aromatic nitrogens is 2. The first-order valence-electron chi connectivity index (χ1n) is 11.0. The third kappa shape index (κ3) is 4.58. The number of benzene rings is 2. The fraction of sp³-hybridized carbons (Fsp3) is 0.400. The van der Waals surface area contributed by atoms with Crippen molar-refractivity contribution >= 4 is 32.3 Å². The minimum absolute atomic E-state index is 0.227. The molecule has 0 aliphatic rings. The van der Waals surface area contributed by atoms with E-state index < -0.39 is 0 Å². The second kappa shape index (κ2) is 9.89. The van der Waals surface area contributed by atoms with Crippen LogP contribution in [-0.4, -0.2) is 50.0 Å². The number of rotatable bonds is 10. The van der Waals surface area contributed by atoms with Crippen molar-refractivity contribution in [3.8, 4) is 28.5 Å². The zero-order valence-electron chi connectivity index (χ0n) is 20.0. The molecule has 0 bridgehead atoms. The summed E-state index contributed by atoms with van der Waals surface area (Å²) in [4.78, 5) is 5.95. The quantitative estimate of drug-likeness (QED) is 0.297. The number of hydrogen-bond acceptors (Lipinski definition) is 7. The van der Waals surface area contributed by atoms with Crippen molar-refractivity contribution in [1.82, 2.24) is 9.38 Å². The van der Waals surface area contributed by atoms with Crippen LogP contribution >= 0.6 is 11.3 Å². The van der Waals surface area contributed by atoms with Crippen molar-refractivity contribution in [3.63, 3.8) is 0 Å². The Bertz CT molecular complexity index is 1240. The first-order chi connectivity index (χ1) is 16.0. The number of nitrogens with one attached hydrogen (secondary N) is 1. The van der Waals surface area contributed by atoms with Crippen LogP contribution in [0.15, 0.2) is 30.3 Å². The van der Waals surface area contributed by atoms with Gasteiger partial charge in [0.2, 0.25) is 5.75 Å². The fourth-order valence-electron chi connectivity index (χ4n) is 3.86. The smallest absolute Gasteiger partial charge is 0.203 e. The van der Waals surface area contributed by atoms with Gasteiger partial charge in [-0.25, -0.2) is 4.98 Å². The van der Waals surface area contributed by atoms with E-state index in [4.69, 9.17) is 23.9 Å². The monoisotopic (exact) mass is 469 g/mol. The van der Waals surface area contributed by atoms with E-state index in [1.807, 2.05) is 12.1 Å². The molecule has 0 amide bonds. The van der Waals surface area contributed by atoms with Crippen LogP contribution in [0.3, 0.4) is 0 Å². The van der Waals surface area contributed by atoms with Crippen molar-refractivity contribution in [2.75, 3.05) is 39.8 Å². The lowest BCUT2D eigenvalue weighted by atomic mass is 10.1. The van der Waals surface area contributed by atoms with E-state index in [1.54, 1.807) is 32.7 Å². The summed E-state index contributed by atoms with van der Waals surface area (Å²) < 4.78 is 25.8. The van der Waals surface area contributed by atoms with E-state index in [9.17, 15) is 0 Å². The van der Waals surface area contributed by atoms with Gasteiger partial charge in [0.15, 0.2) is 16.5 Å². The van der Waals surface area contributed by atoms with Crippen LogP contribution in [0.2, 0.25) is 0 Å². The van der Waals surface area contributed by atoms with E-state index in [0.29, 0.717) is 23.9 Å². The van der Waals surface area contributed by atoms with Crippen molar-refractivity contribution in [3.05, 3.63) is 35.9 Å². The molecule has 176 valence electrons. The zero-order valence-corrected chi connectivity index (χ0v) is 20.8. The van der Waals surface area contributed by atoms with E-state index in [2.05, 4.69) is 48.7 Å². The average molecular weight is 470 g/mol. The SMILES string of the molecule is COc1cc(-c2nc3sc4cc(C)ccc4n3c2NCCCOC(C)C)cc(OC)c1OC. The summed E-state index contributed by atoms with van der Waals surface area (Å²) in [6.07, 6.45) is 1.12. The summed E-state index contributed by atoms with van der Waals surface area (Å²) in [6, 6.07) is 10.4. The van der Waals surface area contributed by atoms with Crippen LogP contribution in [0.25, 0.3) is 26.4 Å². The number of fused-ring (bicyclic) bond motifs is 3. The van der Waals surface area contributed by atoms with Crippen molar-refractivity contribution in [2.24, 2.45) is 0 Å². The minimum Gasteiger partial charge on any atom is -0.493 e. The predicted octanol–water partition coefficient (Wildman–Crippen LogP) is 5.78. The van der Waals surface area contributed by atoms with Gasteiger partial charge in [0, 0.05) is 18.7 Å². The number of ether oxygens (including phenoxy) is 4. The number of methoxy groups -OCH3 is 3. The van der Waals surface area contributed by atoms with Crippen LogP contribution < -0.4 is 19.5 Å². The fourth-order valence-corrected chi connectivity index (χ4v) is 4.98. The van der Waals surface area contributed by atoms with Crippen LogP contribution in [0.1, 0.15) is 25.8 Å². The largest absolute Gasteiger partial charge is 0.493 e. The average Bonchev–Trinajstić information content (AvgIpc) is 3.33. The first-order valence-corrected chi connectivity index (χ1v) is 11.9. The van der Waals surface area contributed by atoms with Crippen LogP contribution in [-0.2, 0) is 4.74 Å². The summed E-state index contributed by atoms with van der Waals surface area (Å²) in [5.41, 5.74) is 4.10. The first kappa shape index (κ1) is 23.2. The summed E-state index contributed by atoms with van der Waals surface area (Å²) in [7, 11) is 4.85. The Morgan fingerprint density at radius 3 is 2.39 bits per heavy atom. The van der Waals surface area contributed by atoms with Gasteiger partial charge in [-0.3, -0.25) is 4.40 Å².